The van der Waals surface area contributed by atoms with E-state index >= 15 is 0 Å². The number of benzene rings is 1. The quantitative estimate of drug-likeness (QED) is 0.724. The van der Waals surface area contributed by atoms with Gasteiger partial charge in [-0.15, -0.1) is 11.3 Å². The van der Waals surface area contributed by atoms with Crippen LogP contribution in [0.5, 0.6) is 0 Å². The van der Waals surface area contributed by atoms with Crippen molar-refractivity contribution in [2.24, 2.45) is 0 Å². The summed E-state index contributed by atoms with van der Waals surface area (Å²) in [5.74, 6) is -0.895. The lowest BCUT2D eigenvalue weighted by Crippen LogP contribution is -1.90. The zero-order valence-electron chi connectivity index (χ0n) is 9.86. The van der Waals surface area contributed by atoms with Crippen molar-refractivity contribution in [2.45, 2.75) is 0 Å². The summed E-state index contributed by atoms with van der Waals surface area (Å²) < 4.78 is 32.8. The molecule has 20 heavy (non-hydrogen) atoms. The summed E-state index contributed by atoms with van der Waals surface area (Å²) >= 11 is 4.79. The standard InChI is InChI=1S/C13H7BrF2N2OS/c14-9-1-2-20-12(9)11-10(13(17)18-19-11)6-3-7(15)5-8(16)4-6/h1-5H,(H2,17,18). The fourth-order valence-electron chi connectivity index (χ4n) is 1.89. The summed E-state index contributed by atoms with van der Waals surface area (Å²) in [5.41, 5.74) is 6.44. The lowest BCUT2D eigenvalue weighted by atomic mass is 10.0. The van der Waals surface area contributed by atoms with Crippen LogP contribution in [0.1, 0.15) is 0 Å². The zero-order valence-corrected chi connectivity index (χ0v) is 12.3. The number of hydrogen-bond acceptors (Lipinski definition) is 4. The van der Waals surface area contributed by atoms with E-state index in [1.807, 2.05) is 11.4 Å². The fraction of sp³-hybridized carbons (Fsp3) is 0. The number of hydrogen-bond donors (Lipinski definition) is 1. The van der Waals surface area contributed by atoms with E-state index in [9.17, 15) is 8.78 Å². The minimum Gasteiger partial charge on any atom is -0.380 e. The summed E-state index contributed by atoms with van der Waals surface area (Å²) in [5, 5.41) is 5.55. The van der Waals surface area contributed by atoms with Crippen molar-refractivity contribution in [1.82, 2.24) is 5.16 Å². The molecule has 1 aromatic carbocycles. The highest BCUT2D eigenvalue weighted by molar-refractivity contribution is 9.10. The van der Waals surface area contributed by atoms with Gasteiger partial charge in [-0.1, -0.05) is 5.16 Å². The van der Waals surface area contributed by atoms with Gasteiger partial charge in [0.05, 0.1) is 10.4 Å². The van der Waals surface area contributed by atoms with E-state index in [0.717, 1.165) is 15.4 Å². The number of nitrogens with zero attached hydrogens (tertiary/aromatic N) is 1. The molecule has 3 aromatic rings. The Balaban J connectivity index is 2.24. The number of aromatic nitrogens is 1. The maximum absolute atomic E-state index is 13.4. The molecule has 3 nitrogen and oxygen atoms in total. The summed E-state index contributed by atoms with van der Waals surface area (Å²) in [7, 11) is 0. The van der Waals surface area contributed by atoms with Crippen molar-refractivity contribution in [3.05, 3.63) is 45.8 Å². The molecule has 0 aliphatic rings. The molecule has 0 bridgehead atoms. The molecule has 2 aromatic heterocycles. The molecular formula is C13H7BrF2N2OS. The van der Waals surface area contributed by atoms with Gasteiger partial charge in [0.2, 0.25) is 0 Å². The van der Waals surface area contributed by atoms with Gasteiger partial charge in [-0.3, -0.25) is 0 Å². The average Bonchev–Trinajstić information content (AvgIpc) is 2.93. The first-order chi connectivity index (χ1) is 9.56. The molecule has 0 saturated heterocycles. The second-order valence-corrected chi connectivity index (χ2v) is 5.80. The molecule has 3 rings (SSSR count). The van der Waals surface area contributed by atoms with Crippen LogP contribution in [0.2, 0.25) is 0 Å². The molecule has 0 unspecified atom stereocenters. The van der Waals surface area contributed by atoms with Crippen molar-refractivity contribution in [3.8, 4) is 21.8 Å². The number of nitrogen functional groups attached to an aromatic ring is 1. The van der Waals surface area contributed by atoms with E-state index in [0.29, 0.717) is 11.3 Å². The maximum atomic E-state index is 13.4. The Hall–Kier alpha value is -1.73. The van der Waals surface area contributed by atoms with Crippen LogP contribution in [0.25, 0.3) is 21.8 Å². The molecule has 0 atom stereocenters. The van der Waals surface area contributed by atoms with Crippen LogP contribution < -0.4 is 5.73 Å². The number of halogens is 3. The smallest absolute Gasteiger partial charge is 0.187 e. The molecule has 0 aliphatic carbocycles. The second-order valence-electron chi connectivity index (χ2n) is 4.03. The van der Waals surface area contributed by atoms with Crippen LogP contribution in [0.15, 0.2) is 38.6 Å². The van der Waals surface area contributed by atoms with Crippen LogP contribution in [-0.2, 0) is 0 Å². The summed E-state index contributed by atoms with van der Waals surface area (Å²) in [6.07, 6.45) is 0. The molecule has 0 amide bonds. The normalized spacial score (nSPS) is 10.9. The van der Waals surface area contributed by atoms with Gasteiger partial charge in [-0.2, -0.15) is 0 Å². The first-order valence-corrected chi connectivity index (χ1v) is 7.18. The predicted octanol–water partition coefficient (Wildman–Crippen LogP) is 4.69. The highest BCUT2D eigenvalue weighted by Crippen LogP contribution is 2.42. The molecule has 2 N–H and O–H groups in total. The van der Waals surface area contributed by atoms with Gasteiger partial charge in [-0.25, -0.2) is 8.78 Å². The average molecular weight is 357 g/mol. The fourth-order valence-corrected chi connectivity index (χ4v) is 3.43. The number of rotatable bonds is 2. The summed E-state index contributed by atoms with van der Waals surface area (Å²) in [4.78, 5) is 0.758. The number of nitrogens with two attached hydrogens (primary N) is 1. The molecule has 0 aliphatic heterocycles. The predicted molar refractivity (Wildman–Crippen MR) is 77.3 cm³/mol. The van der Waals surface area contributed by atoms with Gasteiger partial charge in [0, 0.05) is 10.5 Å². The third kappa shape index (κ3) is 2.23. The van der Waals surface area contributed by atoms with Crippen molar-refractivity contribution in [3.63, 3.8) is 0 Å². The van der Waals surface area contributed by atoms with Crippen LogP contribution in [0.3, 0.4) is 0 Å². The Morgan fingerprint density at radius 3 is 2.50 bits per heavy atom. The topological polar surface area (TPSA) is 52.0 Å². The molecule has 102 valence electrons. The van der Waals surface area contributed by atoms with Crippen molar-refractivity contribution < 1.29 is 13.3 Å². The third-order valence-electron chi connectivity index (χ3n) is 2.69. The van der Waals surface area contributed by atoms with E-state index in [-0.39, 0.29) is 11.4 Å². The largest absolute Gasteiger partial charge is 0.380 e. The number of anilines is 1. The minimum absolute atomic E-state index is 0.0882. The van der Waals surface area contributed by atoms with Gasteiger partial charge in [0.1, 0.15) is 11.6 Å². The molecule has 0 spiro atoms. The number of thiophene rings is 1. The SMILES string of the molecule is Nc1noc(-c2sccc2Br)c1-c1cc(F)cc(F)c1. The summed E-state index contributed by atoms with van der Waals surface area (Å²) in [6, 6.07) is 5.02. The lowest BCUT2D eigenvalue weighted by molar-refractivity contribution is 0.437. The first-order valence-electron chi connectivity index (χ1n) is 5.51. The lowest BCUT2D eigenvalue weighted by Gasteiger charge is -2.03. The second kappa shape index (κ2) is 4.99. The van der Waals surface area contributed by atoms with Crippen molar-refractivity contribution in [1.29, 1.82) is 0 Å². The first kappa shape index (κ1) is 13.3. The summed E-state index contributed by atoms with van der Waals surface area (Å²) in [6.45, 7) is 0. The molecule has 2 heterocycles. The molecule has 0 fully saturated rings. The molecule has 7 heteroatoms. The Kier molecular flexibility index (Phi) is 3.31. The highest BCUT2D eigenvalue weighted by Gasteiger charge is 2.21. The monoisotopic (exact) mass is 356 g/mol. The van der Waals surface area contributed by atoms with Gasteiger partial charge in [0.15, 0.2) is 11.6 Å². The van der Waals surface area contributed by atoms with Crippen molar-refractivity contribution in [2.75, 3.05) is 5.73 Å². The zero-order chi connectivity index (χ0) is 14.3. The Morgan fingerprint density at radius 2 is 1.90 bits per heavy atom. The van der Waals surface area contributed by atoms with Gasteiger partial charge in [-0.05, 0) is 45.1 Å². The van der Waals surface area contributed by atoms with Crippen LogP contribution in [-0.4, -0.2) is 5.16 Å². The molecular weight excluding hydrogens is 350 g/mol. The Labute approximate surface area is 125 Å². The Bertz CT molecular complexity index is 764. The van der Waals surface area contributed by atoms with E-state index in [4.69, 9.17) is 10.3 Å². The van der Waals surface area contributed by atoms with Crippen LogP contribution in [0.4, 0.5) is 14.6 Å². The van der Waals surface area contributed by atoms with Gasteiger partial charge in [0.25, 0.3) is 0 Å². The highest BCUT2D eigenvalue weighted by atomic mass is 79.9. The van der Waals surface area contributed by atoms with E-state index < -0.39 is 11.6 Å². The Morgan fingerprint density at radius 1 is 1.20 bits per heavy atom. The van der Waals surface area contributed by atoms with E-state index in [1.54, 1.807) is 0 Å². The third-order valence-corrected chi connectivity index (χ3v) is 4.53. The van der Waals surface area contributed by atoms with Crippen molar-refractivity contribution >= 4 is 33.1 Å². The van der Waals surface area contributed by atoms with Gasteiger partial charge >= 0.3 is 0 Å². The molecule has 0 radical (unpaired) electrons. The molecule has 0 saturated carbocycles. The van der Waals surface area contributed by atoms with Gasteiger partial charge < -0.3 is 10.3 Å². The maximum Gasteiger partial charge on any atom is 0.187 e. The van der Waals surface area contributed by atoms with Crippen LogP contribution >= 0.6 is 27.3 Å². The van der Waals surface area contributed by atoms with E-state index in [1.165, 1.54) is 23.5 Å². The van der Waals surface area contributed by atoms with E-state index in [2.05, 4.69) is 21.1 Å². The minimum atomic E-state index is -0.684. The van der Waals surface area contributed by atoms with Crippen LogP contribution in [0, 0.1) is 11.6 Å².